The average Bonchev–Trinajstić information content (AvgIpc) is 3.05. The first-order valence-corrected chi connectivity index (χ1v) is 8.43. The molecule has 3 rings (SSSR count). The molecule has 0 saturated heterocycles. The number of nitrogens with one attached hydrogen (secondary N) is 1. The van der Waals surface area contributed by atoms with Crippen molar-refractivity contribution in [1.82, 2.24) is 15.2 Å². The summed E-state index contributed by atoms with van der Waals surface area (Å²) in [6.45, 7) is 1.92. The topological polar surface area (TPSA) is 79.5 Å². The lowest BCUT2D eigenvalue weighted by atomic mass is 10.1. The molecule has 0 unspecified atom stereocenters. The lowest BCUT2D eigenvalue weighted by molar-refractivity contribution is 0.0947. The first-order chi connectivity index (χ1) is 12.6. The zero-order chi connectivity index (χ0) is 18.5. The Morgan fingerprint density at radius 2 is 2.00 bits per heavy atom. The molecule has 0 atom stereocenters. The van der Waals surface area contributed by atoms with Gasteiger partial charge < -0.3 is 5.11 Å². The van der Waals surface area contributed by atoms with Gasteiger partial charge in [0.15, 0.2) is 11.4 Å². The average molecular weight is 369 g/mol. The van der Waals surface area contributed by atoms with Crippen LogP contribution in [0.1, 0.15) is 29.4 Å². The monoisotopic (exact) mass is 368 g/mol. The molecule has 2 aromatic carbocycles. The van der Waals surface area contributed by atoms with E-state index < -0.39 is 5.91 Å². The van der Waals surface area contributed by atoms with Crippen molar-refractivity contribution in [1.29, 1.82) is 0 Å². The molecular formula is C19H17ClN4O2. The summed E-state index contributed by atoms with van der Waals surface area (Å²) in [7, 11) is 0. The predicted molar refractivity (Wildman–Crippen MR) is 101 cm³/mol. The molecule has 1 aromatic heterocycles. The Labute approximate surface area is 155 Å². The van der Waals surface area contributed by atoms with E-state index in [1.54, 1.807) is 12.1 Å². The van der Waals surface area contributed by atoms with E-state index in [2.05, 4.69) is 15.6 Å². The van der Waals surface area contributed by atoms with Crippen LogP contribution < -0.4 is 5.43 Å². The van der Waals surface area contributed by atoms with E-state index in [1.807, 2.05) is 49.4 Å². The number of hydrogen-bond donors (Lipinski definition) is 2. The number of rotatable bonds is 5. The normalized spacial score (nSPS) is 11.4. The van der Waals surface area contributed by atoms with Crippen LogP contribution >= 0.6 is 11.6 Å². The fraction of sp³-hybridized carbons (Fsp3) is 0.105. The molecule has 0 saturated carbocycles. The third-order valence-electron chi connectivity index (χ3n) is 3.72. The molecule has 132 valence electrons. The minimum Gasteiger partial charge on any atom is -0.504 e. The molecule has 0 bridgehead atoms. The summed E-state index contributed by atoms with van der Waals surface area (Å²) in [5.74, 6) is -0.812. The number of nitrogens with zero attached hydrogens (tertiary/aromatic N) is 3. The summed E-state index contributed by atoms with van der Waals surface area (Å²) in [5, 5.41) is 18.9. The fourth-order valence-electron chi connectivity index (χ4n) is 2.43. The Morgan fingerprint density at radius 1 is 1.23 bits per heavy atom. The molecule has 0 fully saturated rings. The molecule has 1 heterocycles. The SMILES string of the molecule is CC/C(=N\NC(=O)c1nn(-c2ccccc2)cc1O)c1cccc(Cl)c1. The van der Waals surface area contributed by atoms with Crippen molar-refractivity contribution >= 4 is 23.2 Å². The quantitative estimate of drug-likeness (QED) is 0.531. The van der Waals surface area contributed by atoms with Gasteiger partial charge in [-0.2, -0.15) is 10.2 Å². The second kappa shape index (κ2) is 7.84. The maximum atomic E-state index is 12.3. The number of carbonyl (C=O) groups excluding carboxylic acids is 1. The maximum absolute atomic E-state index is 12.3. The number of halogens is 1. The van der Waals surface area contributed by atoms with Crippen molar-refractivity contribution in [3.63, 3.8) is 0 Å². The van der Waals surface area contributed by atoms with Crippen LogP contribution in [0.25, 0.3) is 5.69 Å². The Balaban J connectivity index is 1.80. The van der Waals surface area contributed by atoms with Gasteiger partial charge in [-0.15, -0.1) is 0 Å². The third-order valence-corrected chi connectivity index (χ3v) is 3.95. The first-order valence-electron chi connectivity index (χ1n) is 8.05. The number of benzene rings is 2. The Hall–Kier alpha value is -3.12. The summed E-state index contributed by atoms with van der Waals surface area (Å²) in [4.78, 5) is 12.3. The van der Waals surface area contributed by atoms with Gasteiger partial charge >= 0.3 is 0 Å². The summed E-state index contributed by atoms with van der Waals surface area (Å²) in [6, 6.07) is 16.4. The molecular weight excluding hydrogens is 352 g/mol. The number of aromatic hydroxyl groups is 1. The van der Waals surface area contributed by atoms with Crippen molar-refractivity contribution < 1.29 is 9.90 Å². The number of hydrogen-bond acceptors (Lipinski definition) is 4. The minimum absolute atomic E-state index is 0.0980. The molecule has 0 spiro atoms. The Kier molecular flexibility index (Phi) is 5.34. The highest BCUT2D eigenvalue weighted by Crippen LogP contribution is 2.18. The molecule has 7 heteroatoms. The largest absolute Gasteiger partial charge is 0.504 e. The van der Waals surface area contributed by atoms with E-state index in [4.69, 9.17) is 11.6 Å². The van der Waals surface area contributed by atoms with Crippen LogP contribution in [0.4, 0.5) is 0 Å². The number of aromatic nitrogens is 2. The first kappa shape index (κ1) is 17.7. The molecule has 1 amide bonds. The highest BCUT2D eigenvalue weighted by Gasteiger charge is 2.17. The van der Waals surface area contributed by atoms with Crippen LogP contribution in [0.3, 0.4) is 0 Å². The molecule has 3 aromatic rings. The van der Waals surface area contributed by atoms with Crippen LogP contribution in [0.5, 0.6) is 5.75 Å². The highest BCUT2D eigenvalue weighted by molar-refractivity contribution is 6.31. The predicted octanol–water partition coefficient (Wildman–Crippen LogP) is 3.78. The third kappa shape index (κ3) is 3.92. The zero-order valence-corrected chi connectivity index (χ0v) is 14.8. The minimum atomic E-state index is -0.592. The molecule has 0 aliphatic heterocycles. The van der Waals surface area contributed by atoms with E-state index >= 15 is 0 Å². The van der Waals surface area contributed by atoms with Gasteiger partial charge in [-0.3, -0.25) is 4.79 Å². The van der Waals surface area contributed by atoms with E-state index in [-0.39, 0.29) is 11.4 Å². The van der Waals surface area contributed by atoms with Crippen molar-refractivity contribution in [3.05, 3.63) is 77.1 Å². The van der Waals surface area contributed by atoms with Gasteiger partial charge in [0.25, 0.3) is 5.91 Å². The molecule has 0 aliphatic rings. The van der Waals surface area contributed by atoms with Crippen molar-refractivity contribution in [2.75, 3.05) is 0 Å². The molecule has 26 heavy (non-hydrogen) atoms. The van der Waals surface area contributed by atoms with Crippen molar-refractivity contribution in [3.8, 4) is 11.4 Å². The van der Waals surface area contributed by atoms with E-state index in [9.17, 15) is 9.90 Å². The van der Waals surface area contributed by atoms with Gasteiger partial charge in [-0.25, -0.2) is 10.1 Å². The van der Waals surface area contributed by atoms with E-state index in [0.29, 0.717) is 17.2 Å². The van der Waals surface area contributed by atoms with Gasteiger partial charge in [0.2, 0.25) is 0 Å². The Morgan fingerprint density at radius 3 is 2.69 bits per heavy atom. The fourth-order valence-corrected chi connectivity index (χ4v) is 2.62. The second-order valence-corrected chi connectivity index (χ2v) is 5.94. The summed E-state index contributed by atoms with van der Waals surface area (Å²) >= 11 is 6.00. The number of para-hydroxylation sites is 1. The van der Waals surface area contributed by atoms with E-state index in [0.717, 1.165) is 11.3 Å². The van der Waals surface area contributed by atoms with Crippen molar-refractivity contribution in [2.45, 2.75) is 13.3 Å². The molecule has 2 N–H and O–H groups in total. The van der Waals surface area contributed by atoms with Crippen LogP contribution in [0, 0.1) is 0 Å². The highest BCUT2D eigenvalue weighted by atomic mass is 35.5. The number of carbonyl (C=O) groups is 1. The van der Waals surface area contributed by atoms with Gasteiger partial charge in [-0.05, 0) is 36.2 Å². The van der Waals surface area contributed by atoms with Gasteiger partial charge in [0.05, 0.1) is 17.6 Å². The molecule has 0 aliphatic carbocycles. The lowest BCUT2D eigenvalue weighted by Crippen LogP contribution is -2.21. The van der Waals surface area contributed by atoms with Gasteiger partial charge in [-0.1, -0.05) is 48.9 Å². The number of amides is 1. The van der Waals surface area contributed by atoms with Gasteiger partial charge in [0.1, 0.15) is 0 Å². The smallest absolute Gasteiger partial charge is 0.295 e. The standard InChI is InChI=1S/C19H17ClN4O2/c1-2-16(13-7-6-8-14(20)11-13)21-22-19(26)18-17(25)12-24(23-18)15-9-4-3-5-10-15/h3-12,25H,2H2,1H3,(H,22,26)/b21-16+. The second-order valence-electron chi connectivity index (χ2n) is 5.51. The maximum Gasteiger partial charge on any atom is 0.295 e. The number of hydrazone groups is 1. The van der Waals surface area contributed by atoms with E-state index in [1.165, 1.54) is 10.9 Å². The van der Waals surface area contributed by atoms with Crippen LogP contribution in [-0.2, 0) is 0 Å². The molecule has 0 radical (unpaired) electrons. The summed E-state index contributed by atoms with van der Waals surface area (Å²) < 4.78 is 1.44. The summed E-state index contributed by atoms with van der Waals surface area (Å²) in [5.41, 5.74) is 4.57. The van der Waals surface area contributed by atoms with Gasteiger partial charge in [0, 0.05) is 5.02 Å². The van der Waals surface area contributed by atoms with Crippen LogP contribution in [-0.4, -0.2) is 26.5 Å². The summed E-state index contributed by atoms with van der Waals surface area (Å²) in [6.07, 6.45) is 1.98. The van der Waals surface area contributed by atoms with Crippen LogP contribution in [0.2, 0.25) is 5.02 Å². The lowest BCUT2D eigenvalue weighted by Gasteiger charge is -2.05. The Bertz CT molecular complexity index is 951. The zero-order valence-electron chi connectivity index (χ0n) is 14.1. The molecule has 6 nitrogen and oxygen atoms in total. The van der Waals surface area contributed by atoms with Crippen LogP contribution in [0.15, 0.2) is 65.9 Å². The van der Waals surface area contributed by atoms with Crippen molar-refractivity contribution in [2.24, 2.45) is 5.10 Å².